The molecule has 3 heteroatoms. The molecule has 15 heavy (non-hydrogen) atoms. The van der Waals surface area contributed by atoms with Gasteiger partial charge < -0.3 is 0 Å². The van der Waals surface area contributed by atoms with E-state index in [2.05, 4.69) is 20.8 Å². The van der Waals surface area contributed by atoms with Crippen LogP contribution in [-0.4, -0.2) is 26.1 Å². The number of hydrogen-bond acceptors (Lipinski definition) is 2. The fourth-order valence-corrected chi connectivity index (χ4v) is 10.9. The van der Waals surface area contributed by atoms with E-state index in [1.165, 1.54) is 39.0 Å². The van der Waals surface area contributed by atoms with Crippen LogP contribution < -0.4 is 0 Å². The van der Waals surface area contributed by atoms with Crippen LogP contribution in [0.25, 0.3) is 0 Å². The third-order valence-electron chi connectivity index (χ3n) is 2.80. The van der Waals surface area contributed by atoms with E-state index < -0.39 is 18.3 Å². The van der Waals surface area contributed by atoms with Crippen LogP contribution in [0.15, 0.2) is 3.15 Å². The number of alkyl halides is 3. The molecule has 0 radical (unpaired) electrons. The van der Waals surface area contributed by atoms with Crippen LogP contribution in [0.4, 0.5) is 0 Å². The Bertz CT molecular complexity index is 212. The normalized spacial score (nSPS) is 23.0. The Morgan fingerprint density at radius 3 is 2.27 bits per heavy atom. The zero-order valence-electron chi connectivity index (χ0n) is 10.5. The average Bonchev–Trinajstić information content (AvgIpc) is 2.71. The zero-order chi connectivity index (χ0) is 11.1. The van der Waals surface area contributed by atoms with Crippen LogP contribution in [0.3, 0.4) is 0 Å². The Hall–Kier alpha value is 0.490. The second-order valence-corrected chi connectivity index (χ2v) is 13.7. The van der Waals surface area contributed by atoms with Gasteiger partial charge >= 0.3 is 98.7 Å². The van der Waals surface area contributed by atoms with E-state index in [0.717, 1.165) is 6.61 Å². The molecule has 1 unspecified atom stereocenters. The number of ether oxygens (including phenoxy) is 1. The summed E-state index contributed by atoms with van der Waals surface area (Å²) < 4.78 is 15.0. The van der Waals surface area contributed by atoms with E-state index in [1.54, 1.807) is 0 Å². The minimum atomic E-state index is -1.79. The summed E-state index contributed by atoms with van der Waals surface area (Å²) in [6.45, 7) is 7.89. The van der Waals surface area contributed by atoms with Gasteiger partial charge in [0.2, 0.25) is 0 Å². The Morgan fingerprint density at radius 2 is 1.87 bits per heavy atom. The van der Waals surface area contributed by atoms with Gasteiger partial charge in [0.05, 0.1) is 0 Å². The van der Waals surface area contributed by atoms with E-state index in [0.29, 0.717) is 0 Å². The predicted molar refractivity (Wildman–Crippen MR) is 76.3 cm³/mol. The van der Waals surface area contributed by atoms with Gasteiger partial charge in [-0.1, -0.05) is 0 Å². The fourth-order valence-electron chi connectivity index (χ4n) is 2.10. The molecule has 0 aliphatic carbocycles. The monoisotopic (exact) mass is 327 g/mol. The molecular weight excluding hydrogens is 301 g/mol. The van der Waals surface area contributed by atoms with Gasteiger partial charge in [-0.15, -0.1) is 0 Å². The molecule has 1 atom stereocenters. The van der Waals surface area contributed by atoms with Gasteiger partial charge in [0, 0.05) is 0 Å². The number of nitrogens with zero attached hydrogens (tertiary/aromatic N) is 1. The maximum atomic E-state index is 5.68. The van der Waals surface area contributed by atoms with Gasteiger partial charge in [-0.05, 0) is 0 Å². The molecular formula is C12H26INO. The van der Waals surface area contributed by atoms with Crippen LogP contribution in [0.5, 0.6) is 0 Å². The van der Waals surface area contributed by atoms with Crippen molar-refractivity contribution in [1.82, 2.24) is 0 Å². The summed E-state index contributed by atoms with van der Waals surface area (Å²) in [6, 6.07) is 0. The predicted octanol–water partition coefficient (Wildman–Crippen LogP) is 4.19. The molecule has 0 aromatic rings. The first-order valence-corrected chi connectivity index (χ1v) is 11.8. The van der Waals surface area contributed by atoms with E-state index in [1.807, 2.05) is 0 Å². The molecule has 0 bridgehead atoms. The van der Waals surface area contributed by atoms with Crippen molar-refractivity contribution in [3.05, 3.63) is 0 Å². The van der Waals surface area contributed by atoms with Crippen LogP contribution in [-0.2, 0) is 4.74 Å². The molecule has 2 nitrogen and oxygen atoms in total. The summed E-state index contributed by atoms with van der Waals surface area (Å²) in [4.78, 5) is 0. The van der Waals surface area contributed by atoms with Crippen molar-refractivity contribution in [2.24, 2.45) is 3.15 Å². The van der Waals surface area contributed by atoms with E-state index in [-0.39, 0.29) is 6.23 Å². The summed E-state index contributed by atoms with van der Waals surface area (Å²) >= 11 is -1.79. The number of hydrogen-bond donors (Lipinski definition) is 0. The van der Waals surface area contributed by atoms with Crippen molar-refractivity contribution in [2.75, 3.05) is 19.9 Å². The van der Waals surface area contributed by atoms with E-state index >= 15 is 0 Å². The molecule has 1 saturated heterocycles. The molecule has 1 fully saturated rings. The first-order chi connectivity index (χ1) is 7.26. The van der Waals surface area contributed by atoms with Gasteiger partial charge in [-0.25, -0.2) is 0 Å². The molecule has 1 aliphatic heterocycles. The molecule has 0 aromatic carbocycles. The van der Waals surface area contributed by atoms with Gasteiger partial charge in [0.1, 0.15) is 0 Å². The second kappa shape index (κ2) is 6.94. The summed E-state index contributed by atoms with van der Waals surface area (Å²) in [7, 11) is 0. The van der Waals surface area contributed by atoms with Crippen LogP contribution in [0.1, 0.15) is 46.5 Å². The first kappa shape index (κ1) is 13.6. The second-order valence-electron chi connectivity index (χ2n) is 4.14. The fraction of sp³-hybridized carbons (Fsp3) is 1.00. The number of halogens is 1. The van der Waals surface area contributed by atoms with Crippen molar-refractivity contribution in [2.45, 2.75) is 52.7 Å². The average molecular weight is 327 g/mol. The molecule has 0 saturated carbocycles. The van der Waals surface area contributed by atoms with E-state index in [4.69, 9.17) is 7.88 Å². The Morgan fingerprint density at radius 1 is 1.20 bits per heavy atom. The first-order valence-electron chi connectivity index (χ1n) is 6.28. The maximum absolute atomic E-state index is 5.68. The van der Waals surface area contributed by atoms with Gasteiger partial charge in [0.25, 0.3) is 0 Å². The molecule has 92 valence electrons. The quantitative estimate of drug-likeness (QED) is 0.529. The SMILES string of the molecule is CCCI(CC)(CCC)=NC1CCCO1. The van der Waals surface area contributed by atoms with Crippen molar-refractivity contribution in [1.29, 1.82) is 0 Å². The van der Waals surface area contributed by atoms with Gasteiger partial charge in [0.15, 0.2) is 0 Å². The molecule has 0 aromatic heterocycles. The molecule has 1 rings (SSSR count). The van der Waals surface area contributed by atoms with Gasteiger partial charge in [-0.2, -0.15) is 0 Å². The standard InChI is InChI=1S/C12H26INO/c1-4-9-13(6-3,10-5-2)14-12-8-7-11-15-12/h12H,4-11H2,1-3H3. The summed E-state index contributed by atoms with van der Waals surface area (Å²) in [5.41, 5.74) is 0. The summed E-state index contributed by atoms with van der Waals surface area (Å²) in [5.74, 6) is 0. The Balaban J connectivity index is 2.74. The number of rotatable bonds is 6. The Labute approximate surface area is 98.6 Å². The van der Waals surface area contributed by atoms with Crippen LogP contribution in [0.2, 0.25) is 0 Å². The van der Waals surface area contributed by atoms with Crippen LogP contribution >= 0.6 is 18.3 Å². The van der Waals surface area contributed by atoms with Crippen LogP contribution in [0, 0.1) is 0 Å². The van der Waals surface area contributed by atoms with Gasteiger partial charge in [-0.3, -0.25) is 0 Å². The molecule has 1 aliphatic rings. The van der Waals surface area contributed by atoms with E-state index in [9.17, 15) is 0 Å². The zero-order valence-corrected chi connectivity index (χ0v) is 12.6. The van der Waals surface area contributed by atoms with Crippen molar-refractivity contribution >= 4 is 18.3 Å². The van der Waals surface area contributed by atoms with Crippen molar-refractivity contribution < 1.29 is 4.74 Å². The topological polar surface area (TPSA) is 21.6 Å². The molecule has 0 N–H and O–H groups in total. The summed E-state index contributed by atoms with van der Waals surface area (Å²) in [6.07, 6.45) is 5.28. The third-order valence-corrected chi connectivity index (χ3v) is 13.6. The molecule has 1 heterocycles. The van der Waals surface area contributed by atoms with Crippen molar-refractivity contribution in [3.8, 4) is 0 Å². The molecule has 0 amide bonds. The molecule has 0 spiro atoms. The minimum absolute atomic E-state index is 0.277. The summed E-state index contributed by atoms with van der Waals surface area (Å²) in [5, 5.41) is 0. The van der Waals surface area contributed by atoms with Crippen molar-refractivity contribution in [3.63, 3.8) is 0 Å². The Kier molecular flexibility index (Phi) is 6.27. The third kappa shape index (κ3) is 4.10.